The molecule has 0 aromatic heterocycles. The lowest BCUT2D eigenvalue weighted by Gasteiger charge is -2.07. The summed E-state index contributed by atoms with van der Waals surface area (Å²) >= 11 is 0. The van der Waals surface area contributed by atoms with Gasteiger partial charge in [0.15, 0.2) is 0 Å². The molecular formula is C18H17N3O2. The second-order valence-corrected chi connectivity index (χ2v) is 4.77. The lowest BCUT2D eigenvalue weighted by molar-refractivity contribution is 0.0526. The fraction of sp³-hybridized carbons (Fsp3) is 0.167. The Morgan fingerprint density at radius 2 is 1.78 bits per heavy atom. The molecular weight excluding hydrogens is 290 g/mol. The minimum atomic E-state index is -0.345. The van der Waals surface area contributed by atoms with Gasteiger partial charge in [0, 0.05) is 4.91 Å². The van der Waals surface area contributed by atoms with Crippen molar-refractivity contribution < 1.29 is 9.53 Å². The van der Waals surface area contributed by atoms with Crippen LogP contribution in [0.15, 0.2) is 59.7 Å². The van der Waals surface area contributed by atoms with Crippen LogP contribution in [-0.2, 0) is 4.74 Å². The van der Waals surface area contributed by atoms with Crippen LogP contribution in [0.2, 0.25) is 0 Å². The Labute approximate surface area is 134 Å². The highest BCUT2D eigenvalue weighted by Crippen LogP contribution is 2.20. The molecule has 0 heterocycles. The molecule has 0 unspecified atom stereocenters. The molecule has 0 amide bonds. The summed E-state index contributed by atoms with van der Waals surface area (Å²) in [5, 5.41) is 3.65. The van der Waals surface area contributed by atoms with E-state index in [2.05, 4.69) is 10.0 Å². The smallest absolute Gasteiger partial charge is 0.338 e. The molecule has 0 saturated carbocycles. The van der Waals surface area contributed by atoms with Crippen molar-refractivity contribution in [3.05, 3.63) is 81.7 Å². The lowest BCUT2D eigenvalue weighted by atomic mass is 10.0. The molecule has 0 spiro atoms. The van der Waals surface area contributed by atoms with Crippen molar-refractivity contribution in [3.8, 4) is 0 Å². The molecule has 0 fully saturated rings. The van der Waals surface area contributed by atoms with E-state index in [0.29, 0.717) is 12.2 Å². The SMILES string of the molecule is CCOC(=O)c1ccc(/C(=C/c2ccccc2)CN=[N+]=[N-])cc1. The van der Waals surface area contributed by atoms with E-state index < -0.39 is 0 Å². The number of rotatable bonds is 6. The van der Waals surface area contributed by atoms with Crippen LogP contribution < -0.4 is 0 Å². The number of esters is 1. The normalized spacial score (nSPS) is 10.7. The molecule has 0 N–H and O–H groups in total. The monoisotopic (exact) mass is 307 g/mol. The number of benzene rings is 2. The maximum Gasteiger partial charge on any atom is 0.338 e. The second kappa shape index (κ2) is 8.41. The van der Waals surface area contributed by atoms with Gasteiger partial charge in [0.05, 0.1) is 18.7 Å². The topological polar surface area (TPSA) is 75.1 Å². The van der Waals surface area contributed by atoms with Crippen molar-refractivity contribution in [2.75, 3.05) is 13.2 Å². The van der Waals surface area contributed by atoms with Gasteiger partial charge in [-0.25, -0.2) is 4.79 Å². The highest BCUT2D eigenvalue weighted by Gasteiger charge is 2.07. The van der Waals surface area contributed by atoms with Gasteiger partial charge >= 0.3 is 5.97 Å². The van der Waals surface area contributed by atoms with Gasteiger partial charge in [0.1, 0.15) is 0 Å². The van der Waals surface area contributed by atoms with E-state index in [1.54, 1.807) is 19.1 Å². The quantitative estimate of drug-likeness (QED) is 0.255. The average Bonchev–Trinajstić information content (AvgIpc) is 2.60. The molecule has 0 radical (unpaired) electrons. The number of carbonyl (C=O) groups is 1. The van der Waals surface area contributed by atoms with Gasteiger partial charge in [0.2, 0.25) is 0 Å². The third kappa shape index (κ3) is 4.73. The maximum absolute atomic E-state index is 11.7. The standard InChI is InChI=1S/C18H17N3O2/c1-2-23-18(22)16-10-8-15(9-11-16)17(13-20-21-19)12-14-6-4-3-5-7-14/h3-12H,2,13H2,1H3/b17-12+. The second-order valence-electron chi connectivity index (χ2n) is 4.77. The first-order valence-corrected chi connectivity index (χ1v) is 7.28. The molecule has 0 aliphatic heterocycles. The van der Waals surface area contributed by atoms with Crippen LogP contribution in [0.25, 0.3) is 22.1 Å². The summed E-state index contributed by atoms with van der Waals surface area (Å²) in [5.74, 6) is -0.345. The van der Waals surface area contributed by atoms with Crippen LogP contribution >= 0.6 is 0 Å². The van der Waals surface area contributed by atoms with E-state index in [1.807, 2.05) is 48.5 Å². The van der Waals surface area contributed by atoms with E-state index in [9.17, 15) is 4.79 Å². The minimum Gasteiger partial charge on any atom is -0.462 e. The van der Waals surface area contributed by atoms with Crippen molar-refractivity contribution in [2.45, 2.75) is 6.92 Å². The molecule has 116 valence electrons. The molecule has 0 saturated heterocycles. The Morgan fingerprint density at radius 3 is 2.39 bits per heavy atom. The minimum absolute atomic E-state index is 0.240. The van der Waals surface area contributed by atoms with Crippen LogP contribution in [-0.4, -0.2) is 19.1 Å². The Hall–Kier alpha value is -3.04. The maximum atomic E-state index is 11.7. The highest BCUT2D eigenvalue weighted by molar-refractivity contribution is 5.90. The first kappa shape index (κ1) is 16.3. The number of carbonyl (C=O) groups excluding carboxylic acids is 1. The number of ether oxygens (including phenoxy) is 1. The fourth-order valence-corrected chi connectivity index (χ4v) is 2.11. The largest absolute Gasteiger partial charge is 0.462 e. The van der Waals surface area contributed by atoms with Gasteiger partial charge in [-0.3, -0.25) is 0 Å². The van der Waals surface area contributed by atoms with Crippen LogP contribution in [0, 0.1) is 0 Å². The predicted molar refractivity (Wildman–Crippen MR) is 90.7 cm³/mol. The number of hydrogen-bond acceptors (Lipinski definition) is 3. The number of hydrogen-bond donors (Lipinski definition) is 0. The molecule has 23 heavy (non-hydrogen) atoms. The zero-order valence-electron chi connectivity index (χ0n) is 12.8. The van der Waals surface area contributed by atoms with Crippen LogP contribution in [0.5, 0.6) is 0 Å². The molecule has 0 aliphatic rings. The third-order valence-corrected chi connectivity index (χ3v) is 3.21. The van der Waals surface area contributed by atoms with Gasteiger partial charge < -0.3 is 4.74 Å². The summed E-state index contributed by atoms with van der Waals surface area (Å²) in [5.41, 5.74) is 11.9. The Kier molecular flexibility index (Phi) is 5.98. The first-order chi connectivity index (χ1) is 11.2. The Balaban J connectivity index is 2.31. The number of nitrogens with zero attached hydrogens (tertiary/aromatic N) is 3. The van der Waals surface area contributed by atoms with Gasteiger partial charge in [0.25, 0.3) is 0 Å². The summed E-state index contributed by atoms with van der Waals surface area (Å²) in [4.78, 5) is 14.5. The summed E-state index contributed by atoms with van der Waals surface area (Å²) in [6.45, 7) is 2.35. The molecule has 2 aromatic rings. The van der Waals surface area contributed by atoms with Gasteiger partial charge in [-0.2, -0.15) is 0 Å². The summed E-state index contributed by atoms with van der Waals surface area (Å²) in [6, 6.07) is 16.9. The predicted octanol–water partition coefficient (Wildman–Crippen LogP) is 4.71. The van der Waals surface area contributed by atoms with E-state index in [-0.39, 0.29) is 12.5 Å². The van der Waals surface area contributed by atoms with Crippen molar-refractivity contribution in [3.63, 3.8) is 0 Å². The van der Waals surface area contributed by atoms with Crippen molar-refractivity contribution in [1.82, 2.24) is 0 Å². The van der Waals surface area contributed by atoms with E-state index in [4.69, 9.17) is 10.3 Å². The zero-order valence-corrected chi connectivity index (χ0v) is 12.8. The van der Waals surface area contributed by atoms with Crippen LogP contribution in [0.4, 0.5) is 0 Å². The van der Waals surface area contributed by atoms with E-state index in [1.165, 1.54) is 0 Å². The lowest BCUT2D eigenvalue weighted by Crippen LogP contribution is -2.04. The van der Waals surface area contributed by atoms with Crippen molar-refractivity contribution in [1.29, 1.82) is 0 Å². The first-order valence-electron chi connectivity index (χ1n) is 7.28. The van der Waals surface area contributed by atoms with Crippen LogP contribution in [0.3, 0.4) is 0 Å². The molecule has 2 rings (SSSR count). The third-order valence-electron chi connectivity index (χ3n) is 3.21. The molecule has 5 heteroatoms. The van der Waals surface area contributed by atoms with Gasteiger partial charge in [-0.05, 0) is 41.3 Å². The highest BCUT2D eigenvalue weighted by atomic mass is 16.5. The summed E-state index contributed by atoms with van der Waals surface area (Å²) in [6.07, 6.45) is 1.97. The van der Waals surface area contributed by atoms with Crippen molar-refractivity contribution in [2.24, 2.45) is 5.11 Å². The molecule has 2 aromatic carbocycles. The van der Waals surface area contributed by atoms with Gasteiger partial charge in [-0.1, -0.05) is 53.7 Å². The van der Waals surface area contributed by atoms with Crippen LogP contribution in [0.1, 0.15) is 28.4 Å². The molecule has 0 bridgehead atoms. The average molecular weight is 307 g/mol. The Morgan fingerprint density at radius 1 is 1.13 bits per heavy atom. The summed E-state index contributed by atoms with van der Waals surface area (Å²) in [7, 11) is 0. The molecule has 0 aliphatic carbocycles. The summed E-state index contributed by atoms with van der Waals surface area (Å²) < 4.78 is 4.97. The van der Waals surface area contributed by atoms with Crippen molar-refractivity contribution >= 4 is 17.6 Å². The number of azide groups is 1. The molecule has 5 nitrogen and oxygen atoms in total. The zero-order chi connectivity index (χ0) is 16.5. The molecule has 0 atom stereocenters. The van der Waals surface area contributed by atoms with E-state index >= 15 is 0 Å². The van der Waals surface area contributed by atoms with E-state index in [0.717, 1.165) is 16.7 Å². The fourth-order valence-electron chi connectivity index (χ4n) is 2.11. The Bertz CT molecular complexity index is 731. The van der Waals surface area contributed by atoms with Gasteiger partial charge in [-0.15, -0.1) is 0 Å².